The van der Waals surface area contributed by atoms with E-state index in [0.717, 1.165) is 16.3 Å². The molecule has 3 rings (SSSR count). The van der Waals surface area contributed by atoms with Gasteiger partial charge in [-0.15, -0.1) is 16.4 Å². The zero-order valence-electron chi connectivity index (χ0n) is 13.0. The molecule has 1 N–H and O–H groups in total. The number of ether oxygens (including phenoxy) is 1. The molecule has 0 aromatic carbocycles. The lowest BCUT2D eigenvalue weighted by atomic mass is 10.4. The first-order valence-corrected chi connectivity index (χ1v) is 9.10. The van der Waals surface area contributed by atoms with Gasteiger partial charge in [-0.2, -0.15) is 4.98 Å². The lowest BCUT2D eigenvalue weighted by Crippen LogP contribution is -2.17. The van der Waals surface area contributed by atoms with E-state index in [2.05, 4.69) is 15.1 Å². The summed E-state index contributed by atoms with van der Waals surface area (Å²) in [6.45, 7) is 4.74. The number of thioether (sulfide) groups is 1. The van der Waals surface area contributed by atoms with Crippen molar-refractivity contribution in [3.63, 3.8) is 0 Å². The highest BCUT2D eigenvalue weighted by Crippen LogP contribution is 2.17. The van der Waals surface area contributed by atoms with Crippen LogP contribution >= 0.6 is 23.1 Å². The Balaban J connectivity index is 1.50. The van der Waals surface area contributed by atoms with Crippen molar-refractivity contribution in [2.24, 2.45) is 0 Å². The molecule has 3 aromatic heterocycles. The quantitative estimate of drug-likeness (QED) is 0.660. The third-order valence-electron chi connectivity index (χ3n) is 3.14. The zero-order chi connectivity index (χ0) is 16.2. The van der Waals surface area contributed by atoms with E-state index in [9.17, 15) is 5.11 Å². The van der Waals surface area contributed by atoms with Gasteiger partial charge >= 0.3 is 0 Å². The standard InChI is InChI=1S/C15H18N4O2S2/c1-10-6-11(2)19-14(16-10)17-15(18-19)23-9-12(20)7-21-8-13-4-3-5-22-13/h3-6,12,20H,7-9H2,1-2H3/t12-/m1/s1. The van der Waals surface area contributed by atoms with Gasteiger partial charge in [0.2, 0.25) is 5.16 Å². The second kappa shape index (κ2) is 7.39. The molecule has 8 heteroatoms. The number of nitrogens with zero attached hydrogens (tertiary/aromatic N) is 4. The predicted octanol–water partition coefficient (Wildman–Crippen LogP) is 2.47. The molecule has 122 valence electrons. The molecule has 0 aliphatic heterocycles. The molecule has 0 spiro atoms. The third-order valence-corrected chi connectivity index (χ3v) is 4.97. The summed E-state index contributed by atoms with van der Waals surface area (Å²) in [5, 5.41) is 17.0. The van der Waals surface area contributed by atoms with Crippen molar-refractivity contribution in [3.05, 3.63) is 39.8 Å². The van der Waals surface area contributed by atoms with Crippen LogP contribution in [0.2, 0.25) is 0 Å². The number of thiophene rings is 1. The van der Waals surface area contributed by atoms with Crippen molar-refractivity contribution in [2.45, 2.75) is 31.7 Å². The van der Waals surface area contributed by atoms with Crippen LogP contribution in [-0.2, 0) is 11.3 Å². The summed E-state index contributed by atoms with van der Waals surface area (Å²) < 4.78 is 7.23. The van der Waals surface area contributed by atoms with Crippen LogP contribution in [0.4, 0.5) is 0 Å². The van der Waals surface area contributed by atoms with Crippen molar-refractivity contribution in [3.8, 4) is 0 Å². The summed E-state index contributed by atoms with van der Waals surface area (Å²) in [6, 6.07) is 5.97. The number of aryl methyl sites for hydroxylation is 2. The number of fused-ring (bicyclic) bond motifs is 1. The smallest absolute Gasteiger partial charge is 0.253 e. The average Bonchev–Trinajstić information content (AvgIpc) is 3.14. The topological polar surface area (TPSA) is 72.5 Å². The van der Waals surface area contributed by atoms with Crippen molar-refractivity contribution in [2.75, 3.05) is 12.4 Å². The third kappa shape index (κ3) is 4.29. The Labute approximate surface area is 142 Å². The SMILES string of the molecule is Cc1cc(C)n2nc(SC[C@H](O)COCc3cccs3)nc2n1. The van der Waals surface area contributed by atoms with Crippen LogP contribution in [0.25, 0.3) is 5.78 Å². The summed E-state index contributed by atoms with van der Waals surface area (Å²) in [5.74, 6) is 1.08. The molecule has 0 fully saturated rings. The minimum absolute atomic E-state index is 0.300. The van der Waals surface area contributed by atoms with Crippen LogP contribution in [0.5, 0.6) is 0 Å². The Bertz CT molecular complexity index is 773. The molecule has 0 amide bonds. The van der Waals surface area contributed by atoms with E-state index in [1.165, 1.54) is 11.8 Å². The van der Waals surface area contributed by atoms with Gasteiger partial charge in [0.15, 0.2) is 0 Å². The average molecular weight is 350 g/mol. The molecule has 1 atom stereocenters. The van der Waals surface area contributed by atoms with E-state index < -0.39 is 6.10 Å². The van der Waals surface area contributed by atoms with E-state index >= 15 is 0 Å². The highest BCUT2D eigenvalue weighted by molar-refractivity contribution is 7.99. The number of aliphatic hydroxyl groups is 1. The van der Waals surface area contributed by atoms with Gasteiger partial charge in [-0.25, -0.2) is 9.50 Å². The lowest BCUT2D eigenvalue weighted by molar-refractivity contribution is 0.0409. The number of aromatic nitrogens is 4. The Morgan fingerprint density at radius 2 is 2.26 bits per heavy atom. The highest BCUT2D eigenvalue weighted by atomic mass is 32.2. The van der Waals surface area contributed by atoms with Crippen LogP contribution in [0.3, 0.4) is 0 Å². The minimum atomic E-state index is -0.553. The summed E-state index contributed by atoms with van der Waals surface area (Å²) >= 11 is 3.05. The van der Waals surface area contributed by atoms with Crippen LogP contribution in [-0.4, -0.2) is 43.2 Å². The number of aliphatic hydroxyl groups excluding tert-OH is 1. The maximum absolute atomic E-state index is 9.99. The molecule has 0 saturated heterocycles. The normalized spacial score (nSPS) is 12.8. The Morgan fingerprint density at radius 1 is 1.39 bits per heavy atom. The fourth-order valence-corrected chi connectivity index (χ4v) is 3.48. The molecule has 3 aromatic rings. The molecule has 3 heterocycles. The lowest BCUT2D eigenvalue weighted by Gasteiger charge is -2.09. The molecule has 0 aliphatic rings. The second-order valence-electron chi connectivity index (χ2n) is 5.20. The minimum Gasteiger partial charge on any atom is -0.390 e. The van der Waals surface area contributed by atoms with Gasteiger partial charge in [-0.05, 0) is 31.4 Å². The Hall–Kier alpha value is -1.48. The first kappa shape index (κ1) is 16.4. The molecule has 23 heavy (non-hydrogen) atoms. The van der Waals surface area contributed by atoms with Gasteiger partial charge in [0.25, 0.3) is 5.78 Å². The Kier molecular flexibility index (Phi) is 5.27. The van der Waals surface area contributed by atoms with Crippen LogP contribution in [0, 0.1) is 13.8 Å². The molecule has 0 bridgehead atoms. The largest absolute Gasteiger partial charge is 0.390 e. The van der Waals surface area contributed by atoms with Gasteiger partial charge in [-0.3, -0.25) is 0 Å². The Morgan fingerprint density at radius 3 is 3.04 bits per heavy atom. The van der Waals surface area contributed by atoms with E-state index in [1.807, 2.05) is 37.4 Å². The molecule has 0 saturated carbocycles. The number of rotatable bonds is 7. The molecule has 0 radical (unpaired) electrons. The summed E-state index contributed by atoms with van der Waals surface area (Å²) in [5.41, 5.74) is 1.91. The van der Waals surface area contributed by atoms with E-state index in [-0.39, 0.29) is 0 Å². The monoisotopic (exact) mass is 350 g/mol. The summed E-state index contributed by atoms with van der Waals surface area (Å²) in [6.07, 6.45) is -0.553. The van der Waals surface area contributed by atoms with E-state index in [1.54, 1.807) is 15.9 Å². The zero-order valence-corrected chi connectivity index (χ0v) is 14.6. The van der Waals surface area contributed by atoms with E-state index in [0.29, 0.717) is 29.9 Å². The second-order valence-corrected chi connectivity index (χ2v) is 7.22. The molecular weight excluding hydrogens is 332 g/mol. The van der Waals surface area contributed by atoms with Crippen molar-refractivity contribution < 1.29 is 9.84 Å². The maximum Gasteiger partial charge on any atom is 0.253 e. The van der Waals surface area contributed by atoms with Gasteiger partial charge in [0, 0.05) is 22.0 Å². The first-order valence-electron chi connectivity index (χ1n) is 7.24. The first-order chi connectivity index (χ1) is 11.1. The fourth-order valence-electron chi connectivity index (χ4n) is 2.12. The maximum atomic E-state index is 9.99. The number of hydrogen-bond acceptors (Lipinski definition) is 7. The van der Waals surface area contributed by atoms with Gasteiger partial charge < -0.3 is 9.84 Å². The molecule has 0 aliphatic carbocycles. The van der Waals surface area contributed by atoms with Gasteiger partial charge in [0.05, 0.1) is 19.3 Å². The van der Waals surface area contributed by atoms with Crippen molar-refractivity contribution in [1.82, 2.24) is 19.6 Å². The molecule has 6 nitrogen and oxygen atoms in total. The number of hydrogen-bond donors (Lipinski definition) is 1. The molecular formula is C15H18N4O2S2. The van der Waals surface area contributed by atoms with Crippen molar-refractivity contribution in [1.29, 1.82) is 0 Å². The van der Waals surface area contributed by atoms with E-state index in [4.69, 9.17) is 4.74 Å². The predicted molar refractivity (Wildman–Crippen MR) is 91.0 cm³/mol. The highest BCUT2D eigenvalue weighted by Gasteiger charge is 2.11. The van der Waals surface area contributed by atoms with Crippen molar-refractivity contribution >= 4 is 28.9 Å². The van der Waals surface area contributed by atoms with Crippen LogP contribution in [0.15, 0.2) is 28.7 Å². The van der Waals surface area contributed by atoms with Crippen LogP contribution < -0.4 is 0 Å². The van der Waals surface area contributed by atoms with Gasteiger partial charge in [0.1, 0.15) is 0 Å². The summed E-state index contributed by atoms with van der Waals surface area (Å²) in [4.78, 5) is 9.89. The fraction of sp³-hybridized carbons (Fsp3) is 0.400. The van der Waals surface area contributed by atoms with Crippen LogP contribution in [0.1, 0.15) is 16.3 Å². The van der Waals surface area contributed by atoms with Gasteiger partial charge in [-0.1, -0.05) is 17.8 Å². The molecule has 0 unspecified atom stereocenters. The summed E-state index contributed by atoms with van der Waals surface area (Å²) in [7, 11) is 0.